The summed E-state index contributed by atoms with van der Waals surface area (Å²) in [5.41, 5.74) is 3.06. The number of halogens is 2. The van der Waals surface area contributed by atoms with Gasteiger partial charge in [0.25, 0.3) is 5.56 Å². The summed E-state index contributed by atoms with van der Waals surface area (Å²) >= 11 is 14.5. The fourth-order valence-electron chi connectivity index (χ4n) is 8.01. The fourth-order valence-corrected chi connectivity index (χ4v) is 8.66. The third-order valence-electron chi connectivity index (χ3n) is 10.9. The van der Waals surface area contributed by atoms with Gasteiger partial charge in [0.1, 0.15) is 11.2 Å². The van der Waals surface area contributed by atoms with E-state index < -0.39 is 23.4 Å². The number of aromatic nitrogens is 4. The van der Waals surface area contributed by atoms with Gasteiger partial charge >= 0.3 is 12.2 Å². The van der Waals surface area contributed by atoms with Crippen LogP contribution < -0.4 is 20.9 Å². The Hall–Kier alpha value is -6.13. The van der Waals surface area contributed by atoms with Crippen molar-refractivity contribution in [1.29, 1.82) is 0 Å². The molecule has 5 aromatic rings. The van der Waals surface area contributed by atoms with Crippen LogP contribution >= 0.6 is 23.2 Å². The van der Waals surface area contributed by atoms with E-state index in [9.17, 15) is 24.0 Å². The molecule has 344 valence electrons. The second-order valence-electron chi connectivity index (χ2n) is 18.3. The zero-order valence-electron chi connectivity index (χ0n) is 37.8. The minimum absolute atomic E-state index is 0.0162. The largest absolute Gasteiger partial charge is 0.481 e. The number of methoxy groups -OCH3 is 1. The molecule has 0 bridgehead atoms. The highest BCUT2D eigenvalue weighted by Gasteiger charge is 2.31. The Kier molecular flexibility index (Phi) is 13.5. The number of benzene rings is 2. The van der Waals surface area contributed by atoms with Crippen LogP contribution in [0.15, 0.2) is 65.5 Å². The normalized spacial score (nSPS) is 16.3. The summed E-state index contributed by atoms with van der Waals surface area (Å²) in [4.78, 5) is 77.0. The minimum atomic E-state index is -0.762. The Morgan fingerprint density at radius 1 is 0.738 bits per heavy atom. The van der Waals surface area contributed by atoms with E-state index in [2.05, 4.69) is 10.6 Å². The van der Waals surface area contributed by atoms with E-state index >= 15 is 0 Å². The van der Waals surface area contributed by atoms with Crippen molar-refractivity contribution in [3.05, 3.63) is 92.3 Å². The Morgan fingerprint density at radius 3 is 1.78 bits per heavy atom. The first-order valence-corrected chi connectivity index (χ1v) is 22.2. The highest BCUT2D eigenvalue weighted by atomic mass is 35.5. The van der Waals surface area contributed by atoms with Crippen LogP contribution in [0.1, 0.15) is 78.5 Å². The van der Waals surface area contributed by atoms with Crippen LogP contribution in [0.5, 0.6) is 5.88 Å². The third kappa shape index (κ3) is 10.9. The number of nitrogens with one attached hydrogen (secondary N) is 2. The first-order valence-electron chi connectivity index (χ1n) is 21.4. The number of amides is 4. The molecule has 2 aliphatic rings. The molecule has 2 N–H and O–H groups in total. The lowest BCUT2D eigenvalue weighted by atomic mass is 9.98. The molecule has 2 atom stereocenters. The zero-order chi connectivity index (χ0) is 47.0. The average Bonchev–Trinajstić information content (AvgIpc) is 3.93. The van der Waals surface area contributed by atoms with Crippen molar-refractivity contribution in [3.63, 3.8) is 0 Å². The van der Waals surface area contributed by atoms with Crippen molar-refractivity contribution in [3.8, 4) is 39.5 Å². The second kappa shape index (κ2) is 18.8. The molecule has 2 saturated heterocycles. The zero-order valence-corrected chi connectivity index (χ0v) is 39.3. The molecular formula is C47H54Cl2N8O8. The van der Waals surface area contributed by atoms with Crippen LogP contribution in [0.4, 0.5) is 9.59 Å². The highest BCUT2D eigenvalue weighted by Crippen LogP contribution is 2.42. The molecule has 3 aromatic heterocycles. The average molecular weight is 930 g/mol. The lowest BCUT2D eigenvalue weighted by molar-refractivity contribution is -0.120. The van der Waals surface area contributed by atoms with Crippen molar-refractivity contribution < 1.29 is 33.4 Å². The maximum Gasteiger partial charge on any atom is 0.410 e. The smallest absolute Gasteiger partial charge is 0.410 e. The number of rotatable bonds is 12. The maximum absolute atomic E-state index is 13.7. The van der Waals surface area contributed by atoms with Gasteiger partial charge in [-0.2, -0.15) is 4.52 Å². The summed E-state index contributed by atoms with van der Waals surface area (Å²) in [6, 6.07) is 17.4. The number of aryl methyl sites for hydroxylation is 1. The topological polar surface area (TPSA) is 179 Å². The quantitative estimate of drug-likeness (QED) is 0.126. The number of hydrogen-bond acceptors (Lipinski definition) is 10. The van der Waals surface area contributed by atoms with Crippen molar-refractivity contribution >= 4 is 52.8 Å². The van der Waals surface area contributed by atoms with Gasteiger partial charge in [0, 0.05) is 85.0 Å². The van der Waals surface area contributed by atoms with Crippen molar-refractivity contribution in [1.82, 2.24) is 39.6 Å². The molecule has 4 amide bonds. The SMILES string of the molecule is COc1nc(-c2cccc(-c3cccc(-c4cc5nc(CN(C[C@@H]6CCC(=O)N6)C(=O)OC(C)(C)C)cc(=O)n5n4C)c3Cl)c2Cl)ccc1CN(C[C@@H]1CCC(=O)N1)C(=O)OC(C)(C)C. The summed E-state index contributed by atoms with van der Waals surface area (Å²) in [7, 11) is 3.24. The summed E-state index contributed by atoms with van der Waals surface area (Å²) < 4.78 is 20.2. The predicted octanol–water partition coefficient (Wildman–Crippen LogP) is 7.78. The van der Waals surface area contributed by atoms with E-state index in [1.54, 1.807) is 70.3 Å². The fraction of sp³-hybridized carbons (Fsp3) is 0.426. The van der Waals surface area contributed by atoms with E-state index in [-0.39, 0.29) is 61.5 Å². The Morgan fingerprint density at radius 2 is 1.26 bits per heavy atom. The molecule has 5 heterocycles. The van der Waals surface area contributed by atoms with Crippen LogP contribution in [-0.4, -0.2) is 96.5 Å². The van der Waals surface area contributed by atoms with Gasteiger partial charge in [-0.05, 0) is 66.5 Å². The lowest BCUT2D eigenvalue weighted by Crippen LogP contribution is -2.44. The molecule has 0 spiro atoms. The van der Waals surface area contributed by atoms with Gasteiger partial charge in [-0.3, -0.25) is 19.1 Å². The third-order valence-corrected chi connectivity index (χ3v) is 11.7. The molecule has 0 saturated carbocycles. The minimum Gasteiger partial charge on any atom is -0.481 e. The number of fused-ring (bicyclic) bond motifs is 1. The molecule has 0 aliphatic carbocycles. The lowest BCUT2D eigenvalue weighted by Gasteiger charge is -2.29. The van der Waals surface area contributed by atoms with Gasteiger partial charge in [-0.25, -0.2) is 19.6 Å². The van der Waals surface area contributed by atoms with E-state index in [0.717, 1.165) is 0 Å². The molecule has 0 unspecified atom stereocenters. The van der Waals surface area contributed by atoms with Crippen molar-refractivity contribution in [2.75, 3.05) is 20.2 Å². The summed E-state index contributed by atoms with van der Waals surface area (Å²) in [6.45, 7) is 11.3. The summed E-state index contributed by atoms with van der Waals surface area (Å²) in [5, 5.41) is 6.58. The molecule has 18 heteroatoms. The van der Waals surface area contributed by atoms with Crippen LogP contribution in [0.2, 0.25) is 10.0 Å². The molecule has 2 aliphatic heterocycles. The van der Waals surface area contributed by atoms with E-state index in [1.807, 2.05) is 42.5 Å². The summed E-state index contributed by atoms with van der Waals surface area (Å²) in [5.74, 6) is 0.156. The van der Waals surface area contributed by atoms with Crippen LogP contribution in [-0.2, 0) is 39.2 Å². The number of nitrogens with zero attached hydrogens (tertiary/aromatic N) is 6. The van der Waals surface area contributed by atoms with Gasteiger partial charge in [-0.1, -0.05) is 59.6 Å². The van der Waals surface area contributed by atoms with E-state index in [0.29, 0.717) is 86.3 Å². The first kappa shape index (κ1) is 46.9. The number of ether oxygens (including phenoxy) is 3. The first-order chi connectivity index (χ1) is 30.7. The Bertz CT molecular complexity index is 2720. The van der Waals surface area contributed by atoms with Gasteiger partial charge in [-0.15, -0.1) is 0 Å². The molecule has 65 heavy (non-hydrogen) atoms. The molecule has 2 fully saturated rings. The van der Waals surface area contributed by atoms with Crippen LogP contribution in [0.3, 0.4) is 0 Å². The van der Waals surface area contributed by atoms with Gasteiger partial charge < -0.3 is 34.6 Å². The molecule has 0 radical (unpaired) electrons. The Balaban J connectivity index is 1.17. The summed E-state index contributed by atoms with van der Waals surface area (Å²) in [6.07, 6.45) is 0.850. The van der Waals surface area contributed by atoms with Gasteiger partial charge in [0.15, 0.2) is 5.65 Å². The van der Waals surface area contributed by atoms with Gasteiger partial charge in [0.2, 0.25) is 17.7 Å². The van der Waals surface area contributed by atoms with Crippen LogP contribution in [0, 0.1) is 0 Å². The second-order valence-corrected chi connectivity index (χ2v) is 19.1. The molecule has 16 nitrogen and oxygen atoms in total. The number of hydrogen-bond donors (Lipinski definition) is 2. The standard InChI is InChI=1S/C47H54Cl2N8O8/c1-46(2,3)64-44(61)55(24-28-16-19-38(58)51-28)23-27-15-18-35(53-43(27)63-8)33-13-9-11-31(41(33)48)32-12-10-14-34(42(32)49)36-22-37-50-30(21-40(60)57(37)54(36)7)26-56(45(62)65-47(4,5)6)25-29-17-20-39(59)52-29/h9-15,18,21-22,28-29H,16-17,19-20,23-26H2,1-8H3,(H,51,58)(H,52,59)/t28-,29-/m0/s1. The molecule has 2 aromatic carbocycles. The maximum atomic E-state index is 13.7. The van der Waals surface area contributed by atoms with Crippen molar-refractivity contribution in [2.45, 2.75) is 104 Å². The number of carbonyl (C=O) groups is 4. The van der Waals surface area contributed by atoms with Crippen molar-refractivity contribution in [2.24, 2.45) is 7.05 Å². The molecule has 7 rings (SSSR count). The molecular weight excluding hydrogens is 875 g/mol. The van der Waals surface area contributed by atoms with Crippen LogP contribution in [0.25, 0.3) is 39.3 Å². The predicted molar refractivity (Wildman–Crippen MR) is 247 cm³/mol. The van der Waals surface area contributed by atoms with E-state index in [4.69, 9.17) is 47.4 Å². The Labute approximate surface area is 387 Å². The highest BCUT2D eigenvalue weighted by molar-refractivity contribution is 6.39. The van der Waals surface area contributed by atoms with Gasteiger partial charge in [0.05, 0.1) is 47.3 Å². The number of carbonyl (C=O) groups excluding carboxylic acids is 4. The monoisotopic (exact) mass is 928 g/mol. The number of pyridine rings is 1. The van der Waals surface area contributed by atoms with E-state index in [1.165, 1.54) is 22.6 Å².